The summed E-state index contributed by atoms with van der Waals surface area (Å²) in [4.78, 5) is 23.3. The highest BCUT2D eigenvalue weighted by Crippen LogP contribution is 2.22. The lowest BCUT2D eigenvalue weighted by molar-refractivity contribution is -0.125. The maximum atomic E-state index is 12.1. The highest BCUT2D eigenvalue weighted by atomic mass is 16.1. The van der Waals surface area contributed by atoms with Gasteiger partial charge in [0.25, 0.3) is 0 Å². The number of aromatic nitrogens is 4. The van der Waals surface area contributed by atoms with Crippen LogP contribution >= 0.6 is 0 Å². The van der Waals surface area contributed by atoms with E-state index in [1.807, 2.05) is 26.8 Å². The van der Waals surface area contributed by atoms with Gasteiger partial charge in [0.15, 0.2) is 5.82 Å². The molecule has 1 saturated heterocycles. The van der Waals surface area contributed by atoms with E-state index < -0.39 is 0 Å². The van der Waals surface area contributed by atoms with Crippen LogP contribution in [0.15, 0.2) is 18.5 Å². The fourth-order valence-corrected chi connectivity index (χ4v) is 3.18. The zero-order chi connectivity index (χ0) is 17.1. The Kier molecular flexibility index (Phi) is 4.78. The second-order valence-corrected chi connectivity index (χ2v) is 6.25. The topological polar surface area (TPSA) is 75.9 Å². The lowest BCUT2D eigenvalue weighted by Crippen LogP contribution is -2.43. The van der Waals surface area contributed by atoms with Gasteiger partial charge < -0.3 is 10.2 Å². The first kappa shape index (κ1) is 16.4. The van der Waals surface area contributed by atoms with Gasteiger partial charge in [0.05, 0.1) is 24.0 Å². The third kappa shape index (κ3) is 3.39. The lowest BCUT2D eigenvalue weighted by Gasteiger charge is -2.32. The van der Waals surface area contributed by atoms with Crippen LogP contribution in [0.1, 0.15) is 31.2 Å². The minimum Gasteiger partial charge on any atom is -0.356 e. The summed E-state index contributed by atoms with van der Waals surface area (Å²) in [5, 5.41) is 7.38. The number of rotatable bonds is 4. The van der Waals surface area contributed by atoms with Gasteiger partial charge in [-0.1, -0.05) is 0 Å². The van der Waals surface area contributed by atoms with Crippen molar-refractivity contribution in [2.24, 2.45) is 5.92 Å². The van der Waals surface area contributed by atoms with E-state index in [1.165, 1.54) is 0 Å². The van der Waals surface area contributed by atoms with Crippen molar-refractivity contribution in [2.45, 2.75) is 33.6 Å². The molecule has 2 aromatic rings. The van der Waals surface area contributed by atoms with Crippen molar-refractivity contribution < 1.29 is 4.79 Å². The van der Waals surface area contributed by atoms with Gasteiger partial charge in [-0.25, -0.2) is 9.67 Å². The molecule has 0 unspecified atom stereocenters. The Morgan fingerprint density at radius 3 is 2.83 bits per heavy atom. The van der Waals surface area contributed by atoms with Crippen molar-refractivity contribution in [3.05, 3.63) is 29.8 Å². The molecule has 7 nitrogen and oxygen atoms in total. The van der Waals surface area contributed by atoms with Gasteiger partial charge in [0.2, 0.25) is 5.91 Å². The van der Waals surface area contributed by atoms with Crippen LogP contribution in [-0.2, 0) is 4.79 Å². The molecule has 0 saturated carbocycles. The van der Waals surface area contributed by atoms with Gasteiger partial charge in [-0.2, -0.15) is 5.10 Å². The number of nitrogens with zero attached hydrogens (tertiary/aromatic N) is 5. The molecule has 1 aliphatic rings. The highest BCUT2D eigenvalue weighted by Gasteiger charge is 2.26. The minimum absolute atomic E-state index is 0.0119. The Morgan fingerprint density at radius 1 is 1.33 bits per heavy atom. The first-order chi connectivity index (χ1) is 11.6. The Hall–Kier alpha value is -2.44. The molecule has 128 valence electrons. The van der Waals surface area contributed by atoms with Gasteiger partial charge in [-0.3, -0.25) is 9.78 Å². The summed E-state index contributed by atoms with van der Waals surface area (Å²) in [6.45, 7) is 8.15. The number of amides is 1. The van der Waals surface area contributed by atoms with Crippen LogP contribution in [-0.4, -0.2) is 45.3 Å². The van der Waals surface area contributed by atoms with E-state index in [0.717, 1.165) is 36.6 Å². The summed E-state index contributed by atoms with van der Waals surface area (Å²) in [5.74, 6) is 1.65. The number of hydrogen-bond donors (Lipinski definition) is 1. The SMILES string of the molecule is CCNC(=O)[C@@H]1CCCN(c2cncc(-n3nc(C)cc3C)n2)C1. The maximum absolute atomic E-state index is 12.1. The molecule has 1 fully saturated rings. The van der Waals surface area contributed by atoms with Gasteiger partial charge in [0.1, 0.15) is 5.82 Å². The average molecular weight is 328 g/mol. The number of hydrogen-bond acceptors (Lipinski definition) is 5. The summed E-state index contributed by atoms with van der Waals surface area (Å²) in [5.41, 5.74) is 1.98. The molecule has 3 rings (SSSR count). The number of nitrogens with one attached hydrogen (secondary N) is 1. The second-order valence-electron chi connectivity index (χ2n) is 6.25. The minimum atomic E-state index is 0.0119. The molecule has 1 atom stereocenters. The second kappa shape index (κ2) is 6.98. The van der Waals surface area contributed by atoms with E-state index in [4.69, 9.17) is 4.98 Å². The summed E-state index contributed by atoms with van der Waals surface area (Å²) in [6.07, 6.45) is 5.38. The summed E-state index contributed by atoms with van der Waals surface area (Å²) in [7, 11) is 0. The molecule has 0 bridgehead atoms. The maximum Gasteiger partial charge on any atom is 0.224 e. The monoisotopic (exact) mass is 328 g/mol. The van der Waals surface area contributed by atoms with Crippen molar-refractivity contribution in [3.8, 4) is 5.82 Å². The number of carbonyl (C=O) groups is 1. The smallest absolute Gasteiger partial charge is 0.224 e. The van der Waals surface area contributed by atoms with Gasteiger partial charge >= 0.3 is 0 Å². The van der Waals surface area contributed by atoms with E-state index in [1.54, 1.807) is 17.1 Å². The molecule has 1 aliphatic heterocycles. The van der Waals surface area contributed by atoms with Crippen molar-refractivity contribution in [1.82, 2.24) is 25.1 Å². The van der Waals surface area contributed by atoms with Crippen LogP contribution < -0.4 is 10.2 Å². The predicted molar refractivity (Wildman–Crippen MR) is 92.2 cm³/mol. The van der Waals surface area contributed by atoms with E-state index in [-0.39, 0.29) is 11.8 Å². The van der Waals surface area contributed by atoms with Crippen LogP contribution in [0, 0.1) is 19.8 Å². The quantitative estimate of drug-likeness (QED) is 0.923. The summed E-state index contributed by atoms with van der Waals surface area (Å²) < 4.78 is 1.80. The van der Waals surface area contributed by atoms with Crippen molar-refractivity contribution in [1.29, 1.82) is 0 Å². The Labute approximate surface area is 142 Å². The van der Waals surface area contributed by atoms with Crippen LogP contribution in [0.5, 0.6) is 0 Å². The molecule has 0 aliphatic carbocycles. The Balaban J connectivity index is 1.81. The first-order valence-corrected chi connectivity index (χ1v) is 8.47. The van der Waals surface area contributed by atoms with Gasteiger partial charge in [-0.15, -0.1) is 0 Å². The summed E-state index contributed by atoms with van der Waals surface area (Å²) >= 11 is 0. The van der Waals surface area contributed by atoms with Crippen LogP contribution in [0.2, 0.25) is 0 Å². The molecule has 3 heterocycles. The van der Waals surface area contributed by atoms with Crippen molar-refractivity contribution >= 4 is 11.7 Å². The van der Waals surface area contributed by atoms with E-state index in [2.05, 4.69) is 20.3 Å². The van der Waals surface area contributed by atoms with Gasteiger partial charge in [0, 0.05) is 25.3 Å². The van der Waals surface area contributed by atoms with Crippen LogP contribution in [0.3, 0.4) is 0 Å². The zero-order valence-corrected chi connectivity index (χ0v) is 14.5. The number of piperidine rings is 1. The Bertz CT molecular complexity index is 726. The molecule has 7 heteroatoms. The van der Waals surface area contributed by atoms with E-state index >= 15 is 0 Å². The standard InChI is InChI=1S/C17H24N6O/c1-4-19-17(24)14-6-5-7-22(11-14)15-9-18-10-16(20-15)23-13(3)8-12(2)21-23/h8-10,14H,4-7,11H2,1-3H3,(H,19,24)/t14-/m1/s1. The van der Waals surface area contributed by atoms with Crippen molar-refractivity contribution in [2.75, 3.05) is 24.5 Å². The fourth-order valence-electron chi connectivity index (χ4n) is 3.18. The third-order valence-corrected chi connectivity index (χ3v) is 4.30. The highest BCUT2D eigenvalue weighted by molar-refractivity contribution is 5.79. The predicted octanol–water partition coefficient (Wildman–Crippen LogP) is 1.63. The van der Waals surface area contributed by atoms with Crippen LogP contribution in [0.4, 0.5) is 5.82 Å². The molecule has 0 aromatic carbocycles. The molecule has 0 radical (unpaired) electrons. The van der Waals surface area contributed by atoms with E-state index in [9.17, 15) is 4.79 Å². The van der Waals surface area contributed by atoms with Crippen molar-refractivity contribution in [3.63, 3.8) is 0 Å². The molecule has 1 amide bonds. The number of aryl methyl sites for hydroxylation is 2. The average Bonchev–Trinajstić information content (AvgIpc) is 2.94. The molecule has 24 heavy (non-hydrogen) atoms. The van der Waals surface area contributed by atoms with Crippen LogP contribution in [0.25, 0.3) is 5.82 Å². The molecule has 0 spiro atoms. The molecule has 1 N–H and O–H groups in total. The van der Waals surface area contributed by atoms with Gasteiger partial charge in [-0.05, 0) is 39.7 Å². The summed E-state index contributed by atoms with van der Waals surface area (Å²) in [6, 6.07) is 2.01. The molecular formula is C17H24N6O. The lowest BCUT2D eigenvalue weighted by atomic mass is 9.97. The largest absolute Gasteiger partial charge is 0.356 e. The first-order valence-electron chi connectivity index (χ1n) is 8.47. The third-order valence-electron chi connectivity index (χ3n) is 4.30. The number of anilines is 1. The zero-order valence-electron chi connectivity index (χ0n) is 14.5. The number of carbonyl (C=O) groups excluding carboxylic acids is 1. The Morgan fingerprint density at radius 2 is 2.12 bits per heavy atom. The molecular weight excluding hydrogens is 304 g/mol. The fraction of sp³-hybridized carbons (Fsp3) is 0.529. The molecule has 2 aromatic heterocycles. The van der Waals surface area contributed by atoms with E-state index in [0.29, 0.717) is 18.9 Å². The normalized spacial score (nSPS) is 17.8.